The number of rotatable bonds is 10. The van der Waals surface area contributed by atoms with Crippen molar-refractivity contribution in [2.75, 3.05) is 11.6 Å². The molecular formula is C34H29ClN2O5S. The van der Waals surface area contributed by atoms with Crippen molar-refractivity contribution < 1.29 is 23.1 Å². The molecule has 5 rings (SSSR count). The number of carbonyl (C=O) groups excluding carboxylic acids is 1. The molecule has 0 aliphatic carbocycles. The second kappa shape index (κ2) is 12.7. The number of carboxylic acids is 1. The molecule has 0 aromatic heterocycles. The topological polar surface area (TPSA) is 113 Å². The minimum Gasteiger partial charge on any atom is -0.481 e. The predicted molar refractivity (Wildman–Crippen MR) is 170 cm³/mol. The molecule has 0 fully saturated rings. The van der Waals surface area contributed by atoms with E-state index in [1.807, 2.05) is 54.6 Å². The summed E-state index contributed by atoms with van der Waals surface area (Å²) in [6.45, 7) is 0.467. The highest BCUT2D eigenvalue weighted by Gasteiger charge is 2.21. The fourth-order valence-corrected chi connectivity index (χ4v) is 5.76. The van der Waals surface area contributed by atoms with Crippen LogP contribution in [0.2, 0.25) is 5.02 Å². The molecule has 0 heterocycles. The summed E-state index contributed by atoms with van der Waals surface area (Å²) in [4.78, 5) is 25.5. The molecular weight excluding hydrogens is 584 g/mol. The number of hydrogen-bond donors (Lipinski definition) is 3. The molecule has 0 aliphatic rings. The quantitative estimate of drug-likeness (QED) is 0.155. The van der Waals surface area contributed by atoms with Crippen LogP contribution in [0.25, 0.3) is 21.9 Å². The van der Waals surface area contributed by atoms with Crippen molar-refractivity contribution in [1.82, 2.24) is 5.32 Å². The maximum Gasteiger partial charge on any atom is 0.305 e. The van der Waals surface area contributed by atoms with Gasteiger partial charge in [-0.05, 0) is 63.4 Å². The van der Waals surface area contributed by atoms with Crippen LogP contribution in [0.3, 0.4) is 0 Å². The van der Waals surface area contributed by atoms with Crippen molar-refractivity contribution in [3.05, 3.63) is 131 Å². The number of benzene rings is 5. The lowest BCUT2D eigenvalue weighted by molar-refractivity contribution is -0.137. The minimum atomic E-state index is -3.31. The molecule has 7 nitrogen and oxygen atoms in total. The lowest BCUT2D eigenvalue weighted by Crippen LogP contribution is -2.30. The van der Waals surface area contributed by atoms with E-state index in [0.717, 1.165) is 33.7 Å². The van der Waals surface area contributed by atoms with E-state index in [2.05, 4.69) is 10.6 Å². The zero-order valence-electron chi connectivity index (χ0n) is 23.3. The largest absolute Gasteiger partial charge is 0.481 e. The van der Waals surface area contributed by atoms with E-state index in [0.29, 0.717) is 28.4 Å². The van der Waals surface area contributed by atoms with Crippen LogP contribution in [0.4, 0.5) is 5.69 Å². The number of hydrogen-bond acceptors (Lipinski definition) is 5. The van der Waals surface area contributed by atoms with Crippen LogP contribution >= 0.6 is 11.6 Å². The monoisotopic (exact) mass is 612 g/mol. The second-order valence-electron chi connectivity index (χ2n) is 10.2. The number of amides is 1. The van der Waals surface area contributed by atoms with Crippen molar-refractivity contribution >= 4 is 49.8 Å². The minimum absolute atomic E-state index is 0.226. The lowest BCUT2D eigenvalue weighted by Gasteiger charge is -2.20. The number of halogens is 1. The zero-order valence-corrected chi connectivity index (χ0v) is 24.8. The van der Waals surface area contributed by atoms with E-state index in [-0.39, 0.29) is 11.3 Å². The number of sulfone groups is 1. The molecule has 0 saturated heterocycles. The van der Waals surface area contributed by atoms with Gasteiger partial charge in [0.1, 0.15) is 0 Å². The van der Waals surface area contributed by atoms with E-state index < -0.39 is 27.8 Å². The summed E-state index contributed by atoms with van der Waals surface area (Å²) >= 11 is 6.27. The van der Waals surface area contributed by atoms with Crippen LogP contribution in [0.15, 0.2) is 114 Å². The summed E-state index contributed by atoms with van der Waals surface area (Å²) in [5.41, 5.74) is 4.16. The SMILES string of the molecule is CS(=O)(=O)c1ccc(-c2ccc(C(CC(=O)O)NC(=O)c3cc(Cl)ccc3NCc3cccc4ccccc34)cc2)cc1. The molecule has 1 unspecified atom stereocenters. The van der Waals surface area contributed by atoms with Crippen molar-refractivity contribution in [3.8, 4) is 11.1 Å². The molecule has 5 aromatic rings. The molecule has 3 N–H and O–H groups in total. The van der Waals surface area contributed by atoms with Gasteiger partial charge >= 0.3 is 5.97 Å². The van der Waals surface area contributed by atoms with Crippen LogP contribution in [-0.2, 0) is 21.2 Å². The van der Waals surface area contributed by atoms with Gasteiger partial charge in [0.15, 0.2) is 9.84 Å². The third-order valence-electron chi connectivity index (χ3n) is 7.19. The van der Waals surface area contributed by atoms with Crippen molar-refractivity contribution in [2.45, 2.75) is 23.9 Å². The Morgan fingerprint density at radius 1 is 0.837 bits per heavy atom. The Hall–Kier alpha value is -4.66. The van der Waals surface area contributed by atoms with Gasteiger partial charge in [-0.3, -0.25) is 9.59 Å². The first-order valence-corrected chi connectivity index (χ1v) is 15.8. The molecule has 0 radical (unpaired) electrons. The summed E-state index contributed by atoms with van der Waals surface area (Å²) < 4.78 is 23.5. The Bertz CT molecular complexity index is 1900. The lowest BCUT2D eigenvalue weighted by atomic mass is 9.98. The average Bonchev–Trinajstić information content (AvgIpc) is 2.99. The summed E-state index contributed by atoms with van der Waals surface area (Å²) in [5.74, 6) is -1.53. The van der Waals surface area contributed by atoms with Gasteiger partial charge in [-0.1, -0.05) is 90.5 Å². The van der Waals surface area contributed by atoms with Crippen molar-refractivity contribution in [3.63, 3.8) is 0 Å². The van der Waals surface area contributed by atoms with Crippen LogP contribution < -0.4 is 10.6 Å². The van der Waals surface area contributed by atoms with E-state index in [1.165, 1.54) is 0 Å². The number of carbonyl (C=O) groups is 2. The summed E-state index contributed by atoms with van der Waals surface area (Å²) in [5, 5.41) is 18.4. The highest BCUT2D eigenvalue weighted by atomic mass is 35.5. The first kappa shape index (κ1) is 29.8. The number of carboxylic acid groups (broad SMARTS) is 1. The fourth-order valence-electron chi connectivity index (χ4n) is 4.96. The highest BCUT2D eigenvalue weighted by Crippen LogP contribution is 2.28. The molecule has 43 heavy (non-hydrogen) atoms. The molecule has 0 saturated carbocycles. The third-order valence-corrected chi connectivity index (χ3v) is 8.55. The maximum atomic E-state index is 13.6. The van der Waals surface area contributed by atoms with Gasteiger partial charge in [0.25, 0.3) is 5.91 Å². The fraction of sp³-hybridized carbons (Fsp3) is 0.118. The Labute approximate surface area is 255 Å². The van der Waals surface area contributed by atoms with Gasteiger partial charge in [0.2, 0.25) is 0 Å². The summed E-state index contributed by atoms with van der Waals surface area (Å²) in [7, 11) is -3.31. The maximum absolute atomic E-state index is 13.6. The number of fused-ring (bicyclic) bond motifs is 1. The highest BCUT2D eigenvalue weighted by molar-refractivity contribution is 7.90. The second-order valence-corrected chi connectivity index (χ2v) is 12.7. The van der Waals surface area contributed by atoms with Gasteiger partial charge in [0.05, 0.1) is 22.9 Å². The Morgan fingerprint density at radius 2 is 1.49 bits per heavy atom. The Kier molecular flexibility index (Phi) is 8.80. The van der Waals surface area contributed by atoms with E-state index in [1.54, 1.807) is 54.6 Å². The third kappa shape index (κ3) is 7.23. The van der Waals surface area contributed by atoms with E-state index in [9.17, 15) is 23.1 Å². The van der Waals surface area contributed by atoms with E-state index >= 15 is 0 Å². The van der Waals surface area contributed by atoms with Crippen LogP contribution in [0, 0.1) is 0 Å². The molecule has 0 bridgehead atoms. The van der Waals surface area contributed by atoms with Gasteiger partial charge < -0.3 is 15.7 Å². The van der Waals surface area contributed by atoms with Gasteiger partial charge in [-0.25, -0.2) is 8.42 Å². The molecule has 1 atom stereocenters. The zero-order chi connectivity index (χ0) is 30.6. The van der Waals surface area contributed by atoms with Gasteiger partial charge in [0, 0.05) is 23.5 Å². The Balaban J connectivity index is 1.36. The number of nitrogens with one attached hydrogen (secondary N) is 2. The molecule has 1 amide bonds. The normalized spacial score (nSPS) is 12.0. The average molecular weight is 613 g/mol. The number of aliphatic carboxylic acids is 1. The number of anilines is 1. The first-order chi connectivity index (χ1) is 20.6. The van der Waals surface area contributed by atoms with E-state index in [4.69, 9.17) is 11.6 Å². The molecule has 0 aliphatic heterocycles. The van der Waals surface area contributed by atoms with Crippen molar-refractivity contribution in [2.24, 2.45) is 0 Å². The van der Waals surface area contributed by atoms with Crippen molar-refractivity contribution in [1.29, 1.82) is 0 Å². The van der Waals surface area contributed by atoms with Crippen LogP contribution in [-0.4, -0.2) is 31.7 Å². The first-order valence-electron chi connectivity index (χ1n) is 13.5. The van der Waals surface area contributed by atoms with Crippen LogP contribution in [0.1, 0.15) is 33.9 Å². The molecule has 5 aromatic carbocycles. The van der Waals surface area contributed by atoms with Crippen LogP contribution in [0.5, 0.6) is 0 Å². The van der Waals surface area contributed by atoms with Gasteiger partial charge in [-0.2, -0.15) is 0 Å². The predicted octanol–water partition coefficient (Wildman–Crippen LogP) is 7.12. The van der Waals surface area contributed by atoms with Gasteiger partial charge in [-0.15, -0.1) is 0 Å². The smallest absolute Gasteiger partial charge is 0.305 e. The summed E-state index contributed by atoms with van der Waals surface area (Å²) in [6.07, 6.45) is 0.828. The molecule has 0 spiro atoms. The summed E-state index contributed by atoms with van der Waals surface area (Å²) in [6, 6.07) is 31.9. The standard InChI is InChI=1S/C34H29ClN2O5S/c1-43(41,42)28-16-13-23(14-17-28)22-9-11-25(12-10-22)32(20-33(38)39)37-34(40)30-19-27(35)15-18-31(30)36-21-26-7-4-6-24-5-2-3-8-29(24)26/h2-19,32,36H,20-21H2,1H3,(H,37,40)(H,38,39). The Morgan fingerprint density at radius 3 is 2.16 bits per heavy atom. The molecule has 218 valence electrons. The molecule has 9 heteroatoms.